The summed E-state index contributed by atoms with van der Waals surface area (Å²) in [6, 6.07) is 7.88. The molecule has 8 heteroatoms. The van der Waals surface area contributed by atoms with E-state index >= 15 is 0 Å². The number of sulfonamides is 1. The second-order valence-corrected chi connectivity index (χ2v) is 8.52. The Morgan fingerprint density at radius 3 is 2.65 bits per heavy atom. The van der Waals surface area contributed by atoms with Crippen LogP contribution in [0.1, 0.15) is 10.4 Å². The number of carbonyl (C=O) groups excluding carboxylic acids is 1. The van der Waals surface area contributed by atoms with Crippen molar-refractivity contribution in [2.45, 2.75) is 4.90 Å². The molecule has 1 aromatic carbocycles. The molecule has 0 aliphatic heterocycles. The van der Waals surface area contributed by atoms with Gasteiger partial charge >= 0.3 is 0 Å². The zero-order valence-corrected chi connectivity index (χ0v) is 14.2. The third kappa shape index (κ3) is 3.57. The van der Waals surface area contributed by atoms with Gasteiger partial charge in [0.25, 0.3) is 5.91 Å². The van der Waals surface area contributed by atoms with Crippen LogP contribution in [0, 0.1) is 2.88 Å². The number of halogens is 1. The van der Waals surface area contributed by atoms with Crippen LogP contribution in [-0.4, -0.2) is 21.4 Å². The molecule has 2 aromatic rings. The van der Waals surface area contributed by atoms with Crippen LogP contribution in [0.5, 0.6) is 0 Å². The van der Waals surface area contributed by atoms with Gasteiger partial charge in [-0.2, -0.15) is 0 Å². The van der Waals surface area contributed by atoms with Gasteiger partial charge in [0.2, 0.25) is 10.0 Å². The van der Waals surface area contributed by atoms with E-state index in [-0.39, 0.29) is 10.8 Å². The van der Waals surface area contributed by atoms with Crippen molar-refractivity contribution >= 4 is 55.5 Å². The van der Waals surface area contributed by atoms with Crippen LogP contribution >= 0.6 is 33.9 Å². The van der Waals surface area contributed by atoms with Crippen molar-refractivity contribution in [1.82, 2.24) is 4.72 Å². The Morgan fingerprint density at radius 1 is 1.30 bits per heavy atom. The Labute approximate surface area is 134 Å². The topological polar surface area (TPSA) is 75.3 Å². The molecule has 0 aliphatic carbocycles. The molecule has 0 atom stereocenters. The van der Waals surface area contributed by atoms with E-state index < -0.39 is 10.0 Å². The van der Waals surface area contributed by atoms with Gasteiger partial charge in [0, 0.05) is 11.1 Å². The highest BCUT2D eigenvalue weighted by Crippen LogP contribution is 2.19. The van der Waals surface area contributed by atoms with Crippen molar-refractivity contribution in [3.63, 3.8) is 0 Å². The molecular weight excluding hydrogens is 411 g/mol. The molecule has 0 unspecified atom stereocenters. The van der Waals surface area contributed by atoms with E-state index in [1.807, 2.05) is 0 Å². The van der Waals surface area contributed by atoms with Crippen LogP contribution in [0.4, 0.5) is 5.69 Å². The SMILES string of the molecule is CNS(=O)(=O)c1cccc(NC(=O)c2csc(I)c2)c1. The monoisotopic (exact) mass is 422 g/mol. The Morgan fingerprint density at radius 2 is 2.05 bits per heavy atom. The average molecular weight is 422 g/mol. The molecule has 0 radical (unpaired) electrons. The van der Waals surface area contributed by atoms with Crippen LogP contribution in [0.3, 0.4) is 0 Å². The predicted molar refractivity (Wildman–Crippen MR) is 87.7 cm³/mol. The fourth-order valence-electron chi connectivity index (χ4n) is 1.49. The molecule has 1 heterocycles. The number of carbonyl (C=O) groups is 1. The molecule has 0 bridgehead atoms. The minimum absolute atomic E-state index is 0.109. The smallest absolute Gasteiger partial charge is 0.256 e. The third-order valence-corrected chi connectivity index (χ3v) is 5.70. The summed E-state index contributed by atoms with van der Waals surface area (Å²) >= 11 is 3.61. The van der Waals surface area contributed by atoms with Crippen LogP contribution in [-0.2, 0) is 10.0 Å². The number of hydrogen-bond acceptors (Lipinski definition) is 4. The quantitative estimate of drug-likeness (QED) is 0.744. The fraction of sp³-hybridized carbons (Fsp3) is 0.0833. The number of nitrogens with one attached hydrogen (secondary N) is 2. The summed E-state index contributed by atoms with van der Waals surface area (Å²) in [6.45, 7) is 0. The van der Waals surface area contributed by atoms with E-state index in [2.05, 4.69) is 32.6 Å². The van der Waals surface area contributed by atoms with Crippen molar-refractivity contribution in [3.8, 4) is 0 Å². The second-order valence-electron chi connectivity index (χ2n) is 3.83. The summed E-state index contributed by atoms with van der Waals surface area (Å²) in [5.41, 5.74) is 0.994. The van der Waals surface area contributed by atoms with Gasteiger partial charge in [0.05, 0.1) is 13.3 Å². The first kappa shape index (κ1) is 15.4. The van der Waals surface area contributed by atoms with Gasteiger partial charge in [-0.15, -0.1) is 11.3 Å². The molecule has 106 valence electrons. The van der Waals surface area contributed by atoms with Crippen LogP contribution < -0.4 is 10.0 Å². The van der Waals surface area contributed by atoms with Crippen molar-refractivity contribution < 1.29 is 13.2 Å². The van der Waals surface area contributed by atoms with Crippen LogP contribution in [0.2, 0.25) is 0 Å². The lowest BCUT2D eigenvalue weighted by atomic mass is 10.3. The summed E-state index contributed by atoms with van der Waals surface area (Å²) in [5.74, 6) is -0.261. The fourth-order valence-corrected chi connectivity index (χ4v) is 3.59. The van der Waals surface area contributed by atoms with E-state index in [9.17, 15) is 13.2 Å². The first-order valence-electron chi connectivity index (χ1n) is 5.51. The van der Waals surface area contributed by atoms with Crippen molar-refractivity contribution in [1.29, 1.82) is 0 Å². The van der Waals surface area contributed by atoms with Gasteiger partial charge in [0.1, 0.15) is 0 Å². The van der Waals surface area contributed by atoms with Crippen LogP contribution in [0.15, 0.2) is 40.6 Å². The highest BCUT2D eigenvalue weighted by molar-refractivity contribution is 14.1. The van der Waals surface area contributed by atoms with E-state index in [0.29, 0.717) is 11.3 Å². The largest absolute Gasteiger partial charge is 0.322 e. The standard InChI is InChI=1S/C12H11IN2O3S2/c1-14-20(17,18)10-4-2-3-9(6-10)15-12(16)8-5-11(13)19-7-8/h2-7,14H,1H3,(H,15,16). The molecule has 0 spiro atoms. The average Bonchev–Trinajstić information content (AvgIpc) is 2.86. The Kier molecular flexibility index (Phi) is 4.78. The van der Waals surface area contributed by atoms with Crippen LogP contribution in [0.25, 0.3) is 0 Å². The molecule has 2 rings (SSSR count). The summed E-state index contributed by atoms with van der Waals surface area (Å²) < 4.78 is 26.6. The van der Waals surface area contributed by atoms with Crippen molar-refractivity contribution in [2.75, 3.05) is 12.4 Å². The maximum Gasteiger partial charge on any atom is 0.256 e. The maximum absolute atomic E-state index is 12.0. The summed E-state index contributed by atoms with van der Waals surface area (Å²) in [5, 5.41) is 4.44. The van der Waals surface area contributed by atoms with Gasteiger partial charge in [0.15, 0.2) is 0 Å². The Bertz CT molecular complexity index is 741. The molecule has 0 aliphatic rings. The number of rotatable bonds is 4. The van der Waals surface area contributed by atoms with E-state index in [1.165, 1.54) is 30.5 Å². The van der Waals surface area contributed by atoms with E-state index in [4.69, 9.17) is 0 Å². The zero-order chi connectivity index (χ0) is 14.8. The molecule has 20 heavy (non-hydrogen) atoms. The maximum atomic E-state index is 12.0. The minimum atomic E-state index is -3.52. The third-order valence-electron chi connectivity index (χ3n) is 2.50. The van der Waals surface area contributed by atoms with Gasteiger partial charge in [-0.05, 0) is 53.9 Å². The summed E-state index contributed by atoms with van der Waals surface area (Å²) in [4.78, 5) is 12.1. The Hall–Kier alpha value is -0.970. The minimum Gasteiger partial charge on any atom is -0.322 e. The molecule has 0 saturated carbocycles. The first-order valence-corrected chi connectivity index (χ1v) is 8.95. The molecule has 2 N–H and O–H groups in total. The molecule has 0 saturated heterocycles. The van der Waals surface area contributed by atoms with E-state index in [0.717, 1.165) is 2.88 Å². The normalized spacial score (nSPS) is 11.3. The number of anilines is 1. The van der Waals surface area contributed by atoms with Gasteiger partial charge in [-0.3, -0.25) is 4.79 Å². The zero-order valence-electron chi connectivity index (χ0n) is 10.4. The Balaban J connectivity index is 2.23. The van der Waals surface area contributed by atoms with Gasteiger partial charge in [-0.1, -0.05) is 6.07 Å². The van der Waals surface area contributed by atoms with Gasteiger partial charge < -0.3 is 5.32 Å². The van der Waals surface area contributed by atoms with E-state index in [1.54, 1.807) is 23.6 Å². The summed E-state index contributed by atoms with van der Waals surface area (Å²) in [7, 11) is -2.18. The van der Waals surface area contributed by atoms with Crippen molar-refractivity contribution in [3.05, 3.63) is 44.2 Å². The number of benzene rings is 1. The van der Waals surface area contributed by atoms with Crippen molar-refractivity contribution in [2.24, 2.45) is 0 Å². The lowest BCUT2D eigenvalue weighted by Gasteiger charge is -2.07. The molecule has 1 aromatic heterocycles. The number of amides is 1. The highest BCUT2D eigenvalue weighted by Gasteiger charge is 2.13. The molecule has 1 amide bonds. The second kappa shape index (κ2) is 6.20. The first-order chi connectivity index (χ1) is 9.42. The predicted octanol–water partition coefficient (Wildman–Crippen LogP) is 2.51. The molecule has 5 nitrogen and oxygen atoms in total. The summed E-state index contributed by atoms with van der Waals surface area (Å²) in [6.07, 6.45) is 0. The number of hydrogen-bond donors (Lipinski definition) is 2. The highest BCUT2D eigenvalue weighted by atomic mass is 127. The lowest BCUT2D eigenvalue weighted by Crippen LogP contribution is -2.19. The van der Waals surface area contributed by atoms with Gasteiger partial charge in [-0.25, -0.2) is 13.1 Å². The number of thiophene rings is 1. The molecular formula is C12H11IN2O3S2. The molecule has 0 fully saturated rings. The lowest BCUT2D eigenvalue weighted by molar-refractivity contribution is 0.102.